The molecule has 0 spiro atoms. The summed E-state index contributed by atoms with van der Waals surface area (Å²) in [6.07, 6.45) is 1.98. The third kappa shape index (κ3) is 4.37. The Morgan fingerprint density at radius 3 is 2.74 bits per heavy atom. The number of carboxylic acids is 1. The minimum Gasteiger partial charge on any atom is -0.477 e. The zero-order valence-corrected chi connectivity index (χ0v) is 12.9. The van der Waals surface area contributed by atoms with Crippen LogP contribution in [0, 0.1) is 0 Å². The van der Waals surface area contributed by atoms with E-state index in [1.54, 1.807) is 13.2 Å². The molecule has 0 bridgehead atoms. The van der Waals surface area contributed by atoms with Crippen molar-refractivity contribution in [3.63, 3.8) is 0 Å². The molecule has 6 nitrogen and oxygen atoms in total. The van der Waals surface area contributed by atoms with E-state index in [0.29, 0.717) is 6.42 Å². The summed E-state index contributed by atoms with van der Waals surface area (Å²) in [5.74, 6) is -1.27. The van der Waals surface area contributed by atoms with Gasteiger partial charge in [0, 0.05) is 28.9 Å². The number of carbonyl (C=O) groups is 1. The van der Waals surface area contributed by atoms with E-state index in [0.717, 1.165) is 11.3 Å². The highest BCUT2D eigenvalue weighted by atomic mass is 32.2. The number of hydrogen-bond donors (Lipinski definition) is 2. The van der Waals surface area contributed by atoms with Gasteiger partial charge in [0.15, 0.2) is 0 Å². The zero-order valence-electron chi connectivity index (χ0n) is 10.5. The predicted molar refractivity (Wildman–Crippen MR) is 74.6 cm³/mol. The maximum atomic E-state index is 11.9. The van der Waals surface area contributed by atoms with Crippen LogP contribution in [0.2, 0.25) is 0 Å². The van der Waals surface area contributed by atoms with Gasteiger partial charge in [-0.15, -0.1) is 11.3 Å². The number of aromatic carboxylic acids is 1. The van der Waals surface area contributed by atoms with Crippen LogP contribution in [0.3, 0.4) is 0 Å². The molecule has 0 aliphatic heterocycles. The SMILES string of the molecule is CC(CCNS(=O)(=O)c1ccsc1C(=O)O)S(C)=O. The van der Waals surface area contributed by atoms with Crippen molar-refractivity contribution in [3.8, 4) is 0 Å². The molecule has 1 heterocycles. The molecule has 0 saturated heterocycles. The van der Waals surface area contributed by atoms with E-state index in [1.807, 2.05) is 0 Å². The van der Waals surface area contributed by atoms with Crippen molar-refractivity contribution in [2.75, 3.05) is 12.8 Å². The van der Waals surface area contributed by atoms with Gasteiger partial charge < -0.3 is 5.11 Å². The molecular weight excluding hydrogens is 310 g/mol. The summed E-state index contributed by atoms with van der Waals surface area (Å²) in [5.41, 5.74) is 0. The van der Waals surface area contributed by atoms with Crippen molar-refractivity contribution < 1.29 is 22.5 Å². The summed E-state index contributed by atoms with van der Waals surface area (Å²) in [4.78, 5) is 10.4. The van der Waals surface area contributed by atoms with E-state index in [4.69, 9.17) is 5.11 Å². The molecule has 2 unspecified atom stereocenters. The van der Waals surface area contributed by atoms with Crippen molar-refractivity contribution in [2.45, 2.75) is 23.5 Å². The van der Waals surface area contributed by atoms with Crippen LogP contribution in [-0.2, 0) is 20.8 Å². The highest BCUT2D eigenvalue weighted by Gasteiger charge is 2.23. The summed E-state index contributed by atoms with van der Waals surface area (Å²) >= 11 is 0.862. The second-order valence-electron chi connectivity index (χ2n) is 3.91. The predicted octanol–water partition coefficient (Wildman–Crippen LogP) is 0.882. The van der Waals surface area contributed by atoms with E-state index in [-0.39, 0.29) is 21.6 Å². The standard InChI is InChI=1S/C10H15NO5S3/c1-7(18(2)14)3-5-11-19(15,16)8-4-6-17-9(8)10(12)13/h4,6-7,11H,3,5H2,1-2H3,(H,12,13). The average Bonchev–Trinajstić information content (AvgIpc) is 2.77. The maximum absolute atomic E-state index is 11.9. The van der Waals surface area contributed by atoms with E-state index >= 15 is 0 Å². The fourth-order valence-electron chi connectivity index (χ4n) is 1.31. The van der Waals surface area contributed by atoms with Crippen molar-refractivity contribution in [3.05, 3.63) is 16.3 Å². The fraction of sp³-hybridized carbons (Fsp3) is 0.500. The molecule has 1 aromatic rings. The van der Waals surface area contributed by atoms with Gasteiger partial charge in [0.05, 0.1) is 0 Å². The van der Waals surface area contributed by atoms with Crippen LogP contribution in [0.1, 0.15) is 23.0 Å². The first-order chi connectivity index (χ1) is 8.75. The van der Waals surface area contributed by atoms with Gasteiger partial charge in [0.2, 0.25) is 10.0 Å². The van der Waals surface area contributed by atoms with Crippen LogP contribution in [0.5, 0.6) is 0 Å². The lowest BCUT2D eigenvalue weighted by Crippen LogP contribution is -2.28. The Morgan fingerprint density at radius 1 is 1.58 bits per heavy atom. The lowest BCUT2D eigenvalue weighted by Gasteiger charge is -2.09. The van der Waals surface area contributed by atoms with Crippen LogP contribution < -0.4 is 4.72 Å². The van der Waals surface area contributed by atoms with Gasteiger partial charge in [-0.25, -0.2) is 17.9 Å². The number of rotatable bonds is 7. The van der Waals surface area contributed by atoms with Crippen molar-refractivity contribution in [1.82, 2.24) is 4.72 Å². The molecule has 0 aliphatic rings. The van der Waals surface area contributed by atoms with Gasteiger partial charge in [-0.1, -0.05) is 6.92 Å². The molecule has 2 N–H and O–H groups in total. The Balaban J connectivity index is 2.74. The number of thiophene rings is 1. The Labute approximate surface area is 118 Å². The normalized spacial score (nSPS) is 15.1. The van der Waals surface area contributed by atoms with Crippen LogP contribution in [0.4, 0.5) is 0 Å². The van der Waals surface area contributed by atoms with Gasteiger partial charge in [-0.3, -0.25) is 4.21 Å². The van der Waals surface area contributed by atoms with Crippen molar-refractivity contribution in [2.24, 2.45) is 0 Å². The van der Waals surface area contributed by atoms with E-state index < -0.39 is 26.8 Å². The van der Waals surface area contributed by atoms with Gasteiger partial charge in [-0.2, -0.15) is 0 Å². The van der Waals surface area contributed by atoms with E-state index in [2.05, 4.69) is 4.72 Å². The summed E-state index contributed by atoms with van der Waals surface area (Å²) in [6.45, 7) is 1.88. The number of sulfonamides is 1. The Hall–Kier alpha value is -0.770. The molecule has 0 radical (unpaired) electrons. The molecule has 0 aromatic carbocycles. The number of hydrogen-bond acceptors (Lipinski definition) is 5. The second-order valence-corrected chi connectivity index (χ2v) is 8.37. The first-order valence-electron chi connectivity index (χ1n) is 5.38. The second kappa shape index (κ2) is 6.60. The van der Waals surface area contributed by atoms with Crippen molar-refractivity contribution in [1.29, 1.82) is 0 Å². The maximum Gasteiger partial charge on any atom is 0.347 e. The molecule has 108 valence electrons. The van der Waals surface area contributed by atoms with Gasteiger partial charge in [0.25, 0.3) is 0 Å². The van der Waals surface area contributed by atoms with Crippen LogP contribution in [-0.4, -0.2) is 41.8 Å². The summed E-state index contributed by atoms with van der Waals surface area (Å²) in [6, 6.07) is 1.26. The van der Waals surface area contributed by atoms with Crippen LogP contribution in [0.25, 0.3) is 0 Å². The fourth-order valence-corrected chi connectivity index (χ4v) is 4.06. The Kier molecular flexibility index (Phi) is 5.65. The molecule has 1 aromatic heterocycles. The molecule has 0 saturated carbocycles. The summed E-state index contributed by atoms with van der Waals surface area (Å²) in [7, 11) is -4.85. The number of nitrogens with one attached hydrogen (secondary N) is 1. The van der Waals surface area contributed by atoms with E-state index in [9.17, 15) is 17.4 Å². The Bertz CT molecular complexity index is 578. The molecule has 2 atom stereocenters. The van der Waals surface area contributed by atoms with Gasteiger partial charge in [0.1, 0.15) is 9.77 Å². The molecule has 0 aliphatic carbocycles. The Morgan fingerprint density at radius 2 is 2.21 bits per heavy atom. The molecule has 1 rings (SSSR count). The lowest BCUT2D eigenvalue weighted by atomic mass is 10.3. The van der Waals surface area contributed by atoms with Gasteiger partial charge in [-0.05, 0) is 17.9 Å². The summed E-state index contributed by atoms with van der Waals surface area (Å²) < 4.78 is 37.3. The molecular formula is C10H15NO5S3. The van der Waals surface area contributed by atoms with E-state index in [1.165, 1.54) is 11.4 Å². The molecule has 0 amide bonds. The summed E-state index contributed by atoms with van der Waals surface area (Å²) in [5, 5.41) is 10.2. The molecule has 0 fully saturated rings. The smallest absolute Gasteiger partial charge is 0.347 e. The monoisotopic (exact) mass is 325 g/mol. The van der Waals surface area contributed by atoms with Gasteiger partial charge >= 0.3 is 5.97 Å². The highest BCUT2D eigenvalue weighted by molar-refractivity contribution is 7.89. The zero-order chi connectivity index (χ0) is 14.6. The minimum atomic E-state index is -3.83. The van der Waals surface area contributed by atoms with Crippen LogP contribution >= 0.6 is 11.3 Å². The molecule has 19 heavy (non-hydrogen) atoms. The first kappa shape index (κ1) is 16.3. The quantitative estimate of drug-likeness (QED) is 0.775. The first-order valence-corrected chi connectivity index (χ1v) is 9.36. The topological polar surface area (TPSA) is 101 Å². The third-order valence-corrected chi connectivity index (χ3v) is 6.43. The van der Waals surface area contributed by atoms with Crippen molar-refractivity contribution >= 4 is 38.1 Å². The minimum absolute atomic E-state index is 0.121. The number of carboxylic acid groups (broad SMARTS) is 1. The highest BCUT2D eigenvalue weighted by Crippen LogP contribution is 2.21. The lowest BCUT2D eigenvalue weighted by molar-refractivity contribution is 0.0698. The molecule has 9 heteroatoms. The third-order valence-electron chi connectivity index (χ3n) is 2.52. The average molecular weight is 325 g/mol. The van der Waals surface area contributed by atoms with Crippen LogP contribution in [0.15, 0.2) is 16.3 Å². The largest absolute Gasteiger partial charge is 0.477 e.